The lowest BCUT2D eigenvalue weighted by molar-refractivity contribution is 0.0974. The second-order valence-corrected chi connectivity index (χ2v) is 4.38. The van der Waals surface area contributed by atoms with Gasteiger partial charge < -0.3 is 9.68 Å². The van der Waals surface area contributed by atoms with E-state index in [0.717, 1.165) is 12.0 Å². The van der Waals surface area contributed by atoms with Gasteiger partial charge in [0.1, 0.15) is 5.82 Å². The fraction of sp³-hybridized carbons (Fsp3) is 0.455. The Balaban J connectivity index is 2.63. The van der Waals surface area contributed by atoms with Crippen LogP contribution in [0.15, 0.2) is 12.1 Å². The van der Waals surface area contributed by atoms with Crippen LogP contribution in [-0.4, -0.2) is 12.1 Å². The molecule has 2 nitrogen and oxygen atoms in total. The molecule has 1 heterocycles. The highest BCUT2D eigenvalue weighted by Gasteiger charge is 2.42. The van der Waals surface area contributed by atoms with Crippen LogP contribution in [0.2, 0.25) is 0 Å². The van der Waals surface area contributed by atoms with Crippen LogP contribution >= 0.6 is 0 Å². The predicted octanol–water partition coefficient (Wildman–Crippen LogP) is 1.34. The molecule has 0 spiro atoms. The van der Waals surface area contributed by atoms with Crippen LogP contribution in [0.5, 0.6) is 0 Å². The molecule has 0 saturated heterocycles. The monoisotopic (exact) mass is 208 g/mol. The molecule has 1 aliphatic heterocycles. The molecule has 1 aromatic carbocycles. The maximum Gasteiger partial charge on any atom is 0.492 e. The Morgan fingerprint density at radius 2 is 2.13 bits per heavy atom. The van der Waals surface area contributed by atoms with Crippen molar-refractivity contribution in [3.63, 3.8) is 0 Å². The normalized spacial score (nSPS) is 18.1. The molecular formula is C11H14BFO2. The molecule has 0 unspecified atom stereocenters. The third-order valence-electron chi connectivity index (χ3n) is 2.86. The highest BCUT2D eigenvalue weighted by molar-refractivity contribution is 6.62. The zero-order chi connectivity index (χ0) is 11.2. The molecule has 1 aromatic rings. The van der Waals surface area contributed by atoms with Crippen molar-refractivity contribution < 1.29 is 14.1 Å². The molecular weight excluding hydrogens is 194 g/mol. The molecule has 0 atom stereocenters. The standard InChI is InChI=1S/C11H14BFO2/c1-4-7-5-8-10(9(13)6-7)11(2,3)15-12(8)14/h5-6,14H,4H2,1-3H3. The predicted molar refractivity (Wildman–Crippen MR) is 57.5 cm³/mol. The van der Waals surface area contributed by atoms with Crippen molar-refractivity contribution in [2.45, 2.75) is 32.8 Å². The van der Waals surface area contributed by atoms with Gasteiger partial charge in [0, 0.05) is 5.56 Å². The van der Waals surface area contributed by atoms with Crippen LogP contribution in [-0.2, 0) is 16.7 Å². The van der Waals surface area contributed by atoms with E-state index in [9.17, 15) is 9.41 Å². The number of benzene rings is 1. The second-order valence-electron chi connectivity index (χ2n) is 4.38. The van der Waals surface area contributed by atoms with Crippen LogP contribution in [0.25, 0.3) is 0 Å². The number of halogens is 1. The van der Waals surface area contributed by atoms with Crippen LogP contribution in [0.1, 0.15) is 31.9 Å². The van der Waals surface area contributed by atoms with Crippen molar-refractivity contribution >= 4 is 12.6 Å². The summed E-state index contributed by atoms with van der Waals surface area (Å²) < 4.78 is 19.1. The van der Waals surface area contributed by atoms with Gasteiger partial charge in [0.05, 0.1) is 5.60 Å². The zero-order valence-corrected chi connectivity index (χ0v) is 9.17. The van der Waals surface area contributed by atoms with Crippen LogP contribution < -0.4 is 5.46 Å². The summed E-state index contributed by atoms with van der Waals surface area (Å²) in [6, 6.07) is 3.33. The molecule has 4 heteroatoms. The van der Waals surface area contributed by atoms with Crippen LogP contribution in [0, 0.1) is 5.82 Å². The minimum Gasteiger partial charge on any atom is -0.423 e. The molecule has 0 bridgehead atoms. The van der Waals surface area contributed by atoms with Crippen molar-refractivity contribution in [3.05, 3.63) is 29.1 Å². The molecule has 0 saturated carbocycles. The van der Waals surface area contributed by atoms with E-state index in [4.69, 9.17) is 4.65 Å². The van der Waals surface area contributed by atoms with Gasteiger partial charge in [-0.1, -0.05) is 13.0 Å². The van der Waals surface area contributed by atoms with E-state index < -0.39 is 12.7 Å². The molecule has 0 amide bonds. The molecule has 0 aromatic heterocycles. The summed E-state index contributed by atoms with van der Waals surface area (Å²) >= 11 is 0. The number of hydrogen-bond acceptors (Lipinski definition) is 2. The van der Waals surface area contributed by atoms with Gasteiger partial charge in [-0.25, -0.2) is 4.39 Å². The summed E-state index contributed by atoms with van der Waals surface area (Å²) in [6.07, 6.45) is 0.747. The van der Waals surface area contributed by atoms with Gasteiger partial charge in [-0.05, 0) is 37.4 Å². The molecule has 1 aliphatic rings. The number of fused-ring (bicyclic) bond motifs is 1. The quantitative estimate of drug-likeness (QED) is 0.705. The van der Waals surface area contributed by atoms with Gasteiger partial charge in [0.2, 0.25) is 0 Å². The molecule has 80 valence electrons. The Bertz CT molecular complexity index is 404. The highest BCUT2D eigenvalue weighted by Crippen LogP contribution is 2.32. The smallest absolute Gasteiger partial charge is 0.423 e. The summed E-state index contributed by atoms with van der Waals surface area (Å²) in [5.41, 5.74) is 1.18. The Kier molecular flexibility index (Phi) is 2.36. The number of hydrogen-bond donors (Lipinski definition) is 1. The van der Waals surface area contributed by atoms with Crippen LogP contribution in [0.4, 0.5) is 4.39 Å². The molecule has 0 fully saturated rings. The lowest BCUT2D eigenvalue weighted by atomic mass is 9.77. The first kappa shape index (κ1) is 10.6. The van der Waals surface area contributed by atoms with Crippen molar-refractivity contribution in [2.24, 2.45) is 0 Å². The van der Waals surface area contributed by atoms with Crippen molar-refractivity contribution in [3.8, 4) is 0 Å². The second kappa shape index (κ2) is 3.32. The van der Waals surface area contributed by atoms with E-state index in [1.807, 2.05) is 13.0 Å². The molecule has 0 aliphatic carbocycles. The fourth-order valence-corrected chi connectivity index (χ4v) is 2.12. The molecule has 2 rings (SSSR count). The van der Waals surface area contributed by atoms with E-state index >= 15 is 0 Å². The third kappa shape index (κ3) is 1.58. The zero-order valence-electron chi connectivity index (χ0n) is 9.17. The summed E-state index contributed by atoms with van der Waals surface area (Å²) in [5, 5.41) is 9.67. The largest absolute Gasteiger partial charge is 0.492 e. The number of aryl methyl sites for hydroxylation is 1. The van der Waals surface area contributed by atoms with E-state index in [1.54, 1.807) is 13.8 Å². The average molecular weight is 208 g/mol. The summed E-state index contributed by atoms with van der Waals surface area (Å²) in [6.45, 7) is 5.47. The summed E-state index contributed by atoms with van der Waals surface area (Å²) in [7, 11) is -1.00. The lowest BCUT2D eigenvalue weighted by Gasteiger charge is -2.20. The van der Waals surface area contributed by atoms with Crippen molar-refractivity contribution in [2.75, 3.05) is 0 Å². The van der Waals surface area contributed by atoms with E-state index in [2.05, 4.69) is 0 Å². The minimum atomic E-state index is -1.00. The van der Waals surface area contributed by atoms with Crippen LogP contribution in [0.3, 0.4) is 0 Å². The topological polar surface area (TPSA) is 29.5 Å². The highest BCUT2D eigenvalue weighted by atomic mass is 19.1. The maximum atomic E-state index is 13.8. The number of rotatable bonds is 1. The van der Waals surface area contributed by atoms with Crippen molar-refractivity contribution in [1.82, 2.24) is 0 Å². The van der Waals surface area contributed by atoms with Gasteiger partial charge in [-0.15, -0.1) is 0 Å². The van der Waals surface area contributed by atoms with Gasteiger partial charge in [0.25, 0.3) is 0 Å². The summed E-state index contributed by atoms with van der Waals surface area (Å²) in [4.78, 5) is 0. The van der Waals surface area contributed by atoms with Gasteiger partial charge in [-0.2, -0.15) is 0 Å². The third-order valence-corrected chi connectivity index (χ3v) is 2.86. The SMILES string of the molecule is CCc1cc(F)c2c(c1)B(O)OC2(C)C. The molecule has 15 heavy (non-hydrogen) atoms. The van der Waals surface area contributed by atoms with Gasteiger partial charge in [0.15, 0.2) is 0 Å². The minimum absolute atomic E-state index is 0.286. The Labute approximate surface area is 89.2 Å². The Morgan fingerprint density at radius 3 is 2.73 bits per heavy atom. The summed E-state index contributed by atoms with van der Waals surface area (Å²) in [5.74, 6) is -0.286. The average Bonchev–Trinajstić information content (AvgIpc) is 2.37. The van der Waals surface area contributed by atoms with E-state index in [-0.39, 0.29) is 5.82 Å². The molecule has 1 N–H and O–H groups in total. The molecule has 0 radical (unpaired) electrons. The Hall–Kier alpha value is -0.865. The van der Waals surface area contributed by atoms with E-state index in [0.29, 0.717) is 11.0 Å². The fourth-order valence-electron chi connectivity index (χ4n) is 2.12. The lowest BCUT2D eigenvalue weighted by Crippen LogP contribution is -2.29. The first-order valence-electron chi connectivity index (χ1n) is 5.14. The Morgan fingerprint density at radius 1 is 1.47 bits per heavy atom. The van der Waals surface area contributed by atoms with Gasteiger partial charge in [-0.3, -0.25) is 0 Å². The first-order valence-corrected chi connectivity index (χ1v) is 5.14. The van der Waals surface area contributed by atoms with E-state index in [1.165, 1.54) is 6.07 Å². The van der Waals surface area contributed by atoms with Crippen molar-refractivity contribution in [1.29, 1.82) is 0 Å². The first-order chi connectivity index (χ1) is 6.95. The van der Waals surface area contributed by atoms with Gasteiger partial charge >= 0.3 is 7.12 Å². The maximum absolute atomic E-state index is 13.8.